The minimum atomic E-state index is 0.101. The molecule has 0 amide bonds. The van der Waals surface area contributed by atoms with Gasteiger partial charge in [-0.15, -0.1) is 0 Å². The maximum atomic E-state index is 9.32. The first kappa shape index (κ1) is 12.3. The first-order valence-corrected chi connectivity index (χ1v) is 6.51. The smallest absolute Gasteiger partial charge is 0.0684 e. The van der Waals surface area contributed by atoms with E-state index in [1.807, 2.05) is 18.2 Å². The van der Waals surface area contributed by atoms with Crippen molar-refractivity contribution in [3.05, 3.63) is 69.7 Å². The van der Waals surface area contributed by atoms with E-state index in [2.05, 4.69) is 46.3 Å². The van der Waals surface area contributed by atoms with Crippen molar-refractivity contribution in [2.75, 3.05) is 0 Å². The monoisotopic (exact) mass is 290 g/mol. The number of benzene rings is 2. The lowest BCUT2D eigenvalue weighted by atomic mass is 10.0. The summed E-state index contributed by atoms with van der Waals surface area (Å²) < 4.78 is 1.02. The molecule has 2 rings (SSSR count). The molecule has 0 unspecified atom stereocenters. The van der Waals surface area contributed by atoms with Crippen molar-refractivity contribution in [1.82, 2.24) is 0 Å². The Bertz CT molecular complexity index is 480. The van der Waals surface area contributed by atoms with Crippen molar-refractivity contribution in [2.45, 2.75) is 19.4 Å². The molecule has 0 spiro atoms. The topological polar surface area (TPSA) is 20.2 Å². The van der Waals surface area contributed by atoms with Gasteiger partial charge in [-0.05, 0) is 41.7 Å². The predicted molar refractivity (Wildman–Crippen MR) is 73.9 cm³/mol. The van der Waals surface area contributed by atoms with Crippen LogP contribution in [-0.4, -0.2) is 5.11 Å². The summed E-state index contributed by atoms with van der Waals surface area (Å²) in [6.45, 7) is 0.101. The third-order valence-corrected chi connectivity index (χ3v) is 3.36. The predicted octanol–water partition coefficient (Wildman–Crippen LogP) is 3.73. The van der Waals surface area contributed by atoms with Gasteiger partial charge in [-0.1, -0.05) is 52.3 Å². The Morgan fingerprint density at radius 1 is 0.882 bits per heavy atom. The molecule has 0 heterocycles. The third kappa shape index (κ3) is 3.42. The molecule has 0 saturated heterocycles. The summed E-state index contributed by atoms with van der Waals surface area (Å²) in [6, 6.07) is 16.5. The minimum Gasteiger partial charge on any atom is -0.392 e. The van der Waals surface area contributed by atoms with E-state index in [0.29, 0.717) is 0 Å². The molecular formula is C15H15BrO. The molecule has 88 valence electrons. The fourth-order valence-corrected chi connectivity index (χ4v) is 2.32. The number of halogens is 1. The van der Waals surface area contributed by atoms with E-state index in [1.54, 1.807) is 0 Å². The van der Waals surface area contributed by atoms with Crippen molar-refractivity contribution in [3.8, 4) is 0 Å². The highest BCUT2D eigenvalue weighted by Gasteiger charge is 2.02. The standard InChI is InChI=1S/C15H15BrO/c16-15-9-8-13(14(10-15)11-17)7-6-12-4-2-1-3-5-12/h1-5,8-10,17H,6-7,11H2. The van der Waals surface area contributed by atoms with Crippen LogP contribution in [0.2, 0.25) is 0 Å². The van der Waals surface area contributed by atoms with Crippen LogP contribution in [-0.2, 0) is 19.4 Å². The van der Waals surface area contributed by atoms with Gasteiger partial charge in [0.25, 0.3) is 0 Å². The molecule has 2 heteroatoms. The summed E-state index contributed by atoms with van der Waals surface area (Å²) in [5.74, 6) is 0. The van der Waals surface area contributed by atoms with E-state index in [1.165, 1.54) is 11.1 Å². The molecule has 2 aromatic carbocycles. The van der Waals surface area contributed by atoms with Crippen LogP contribution in [0.1, 0.15) is 16.7 Å². The molecule has 0 aliphatic heterocycles. The summed E-state index contributed by atoms with van der Waals surface area (Å²) in [4.78, 5) is 0. The lowest BCUT2D eigenvalue weighted by Gasteiger charge is -2.08. The zero-order valence-electron chi connectivity index (χ0n) is 9.57. The zero-order chi connectivity index (χ0) is 12.1. The van der Waals surface area contributed by atoms with Crippen molar-refractivity contribution < 1.29 is 5.11 Å². The van der Waals surface area contributed by atoms with Crippen LogP contribution in [0.15, 0.2) is 53.0 Å². The lowest BCUT2D eigenvalue weighted by Crippen LogP contribution is -1.97. The average molecular weight is 291 g/mol. The number of hydrogen-bond acceptors (Lipinski definition) is 1. The van der Waals surface area contributed by atoms with E-state index in [9.17, 15) is 5.11 Å². The second-order valence-corrected chi connectivity index (χ2v) is 4.97. The second kappa shape index (κ2) is 5.99. The van der Waals surface area contributed by atoms with E-state index in [0.717, 1.165) is 22.9 Å². The average Bonchev–Trinajstić information content (AvgIpc) is 2.38. The first-order chi connectivity index (χ1) is 8.29. The second-order valence-electron chi connectivity index (χ2n) is 4.06. The van der Waals surface area contributed by atoms with E-state index < -0.39 is 0 Å². The highest BCUT2D eigenvalue weighted by atomic mass is 79.9. The number of aryl methyl sites for hydroxylation is 2. The summed E-state index contributed by atoms with van der Waals surface area (Å²) >= 11 is 3.42. The van der Waals surface area contributed by atoms with Crippen LogP contribution in [0.4, 0.5) is 0 Å². The van der Waals surface area contributed by atoms with Crippen LogP contribution >= 0.6 is 15.9 Å². The molecule has 0 fully saturated rings. The van der Waals surface area contributed by atoms with Gasteiger partial charge in [-0.3, -0.25) is 0 Å². The van der Waals surface area contributed by atoms with Gasteiger partial charge in [0.2, 0.25) is 0 Å². The van der Waals surface area contributed by atoms with Gasteiger partial charge < -0.3 is 5.11 Å². The Balaban J connectivity index is 2.09. The molecular weight excluding hydrogens is 276 g/mol. The van der Waals surface area contributed by atoms with Gasteiger partial charge in [0.15, 0.2) is 0 Å². The molecule has 0 aliphatic rings. The largest absolute Gasteiger partial charge is 0.392 e. The number of aliphatic hydroxyl groups excluding tert-OH is 1. The molecule has 0 radical (unpaired) electrons. The van der Waals surface area contributed by atoms with Crippen molar-refractivity contribution in [2.24, 2.45) is 0 Å². The molecule has 1 N–H and O–H groups in total. The minimum absolute atomic E-state index is 0.101. The molecule has 0 atom stereocenters. The van der Waals surface area contributed by atoms with Crippen LogP contribution in [0.5, 0.6) is 0 Å². The maximum absolute atomic E-state index is 9.32. The van der Waals surface area contributed by atoms with E-state index in [-0.39, 0.29) is 6.61 Å². The lowest BCUT2D eigenvalue weighted by molar-refractivity contribution is 0.280. The highest BCUT2D eigenvalue weighted by Crippen LogP contribution is 2.18. The molecule has 17 heavy (non-hydrogen) atoms. The van der Waals surface area contributed by atoms with Crippen molar-refractivity contribution in [1.29, 1.82) is 0 Å². The summed E-state index contributed by atoms with van der Waals surface area (Å²) in [5.41, 5.74) is 3.56. The Morgan fingerprint density at radius 3 is 2.35 bits per heavy atom. The normalized spacial score (nSPS) is 10.5. The van der Waals surface area contributed by atoms with Crippen molar-refractivity contribution >= 4 is 15.9 Å². The summed E-state index contributed by atoms with van der Waals surface area (Å²) in [7, 11) is 0. The SMILES string of the molecule is OCc1cc(Br)ccc1CCc1ccccc1. The molecule has 0 aromatic heterocycles. The first-order valence-electron chi connectivity index (χ1n) is 5.71. The molecule has 1 nitrogen and oxygen atoms in total. The zero-order valence-corrected chi connectivity index (χ0v) is 11.2. The summed E-state index contributed by atoms with van der Waals surface area (Å²) in [5, 5.41) is 9.32. The fraction of sp³-hybridized carbons (Fsp3) is 0.200. The molecule has 2 aromatic rings. The Kier molecular flexibility index (Phi) is 4.35. The van der Waals surface area contributed by atoms with Gasteiger partial charge >= 0.3 is 0 Å². The Labute approximate surface area is 110 Å². The van der Waals surface area contributed by atoms with Gasteiger partial charge in [0.1, 0.15) is 0 Å². The van der Waals surface area contributed by atoms with Crippen LogP contribution in [0, 0.1) is 0 Å². The Hall–Kier alpha value is -1.12. The Morgan fingerprint density at radius 2 is 1.65 bits per heavy atom. The van der Waals surface area contributed by atoms with Crippen molar-refractivity contribution in [3.63, 3.8) is 0 Å². The number of aliphatic hydroxyl groups is 1. The molecule has 0 bridgehead atoms. The molecule has 0 aliphatic carbocycles. The number of rotatable bonds is 4. The maximum Gasteiger partial charge on any atom is 0.0684 e. The van der Waals surface area contributed by atoms with Crippen LogP contribution < -0.4 is 0 Å². The van der Waals surface area contributed by atoms with Gasteiger partial charge in [-0.2, -0.15) is 0 Å². The van der Waals surface area contributed by atoms with Crippen LogP contribution in [0.25, 0.3) is 0 Å². The quantitative estimate of drug-likeness (QED) is 0.910. The third-order valence-electron chi connectivity index (χ3n) is 2.86. The van der Waals surface area contributed by atoms with Crippen LogP contribution in [0.3, 0.4) is 0 Å². The summed E-state index contributed by atoms with van der Waals surface area (Å²) in [6.07, 6.45) is 1.97. The van der Waals surface area contributed by atoms with E-state index in [4.69, 9.17) is 0 Å². The van der Waals surface area contributed by atoms with Gasteiger partial charge in [-0.25, -0.2) is 0 Å². The molecule has 0 saturated carbocycles. The number of hydrogen-bond donors (Lipinski definition) is 1. The van der Waals surface area contributed by atoms with Gasteiger partial charge in [0.05, 0.1) is 6.61 Å². The fourth-order valence-electron chi connectivity index (χ4n) is 1.91. The highest BCUT2D eigenvalue weighted by molar-refractivity contribution is 9.10. The van der Waals surface area contributed by atoms with Gasteiger partial charge in [0, 0.05) is 4.47 Å². The van der Waals surface area contributed by atoms with E-state index >= 15 is 0 Å².